The van der Waals surface area contributed by atoms with Crippen molar-refractivity contribution in [3.63, 3.8) is 0 Å². The van der Waals surface area contributed by atoms with Crippen LogP contribution in [0.3, 0.4) is 0 Å². The van der Waals surface area contributed by atoms with E-state index in [-0.39, 0.29) is 17.7 Å². The third-order valence-corrected chi connectivity index (χ3v) is 7.63. The minimum absolute atomic E-state index is 0.0346. The van der Waals surface area contributed by atoms with Crippen LogP contribution >= 0.6 is 11.8 Å². The van der Waals surface area contributed by atoms with Crippen LogP contribution < -0.4 is 0 Å². The standard InChI is InChI=1S/C28H27NO6S/c1-17-11-13-19(14-12-17)36-28-23(29-26(32)20-9-5-6-10-21(20)27(29)33)25(31)24(30)22(35-28)16-34-15-18-7-3-2-4-8-18/h2-14,22-25,28,30-31H,15-16H2,1H3/t22-,23-,24-,25-,28+/m1/s1. The van der Waals surface area contributed by atoms with E-state index in [9.17, 15) is 19.8 Å². The van der Waals surface area contributed by atoms with Gasteiger partial charge in [0.25, 0.3) is 11.8 Å². The molecule has 5 atom stereocenters. The number of nitrogens with zero attached hydrogens (tertiary/aromatic N) is 1. The summed E-state index contributed by atoms with van der Waals surface area (Å²) in [6, 6.07) is 22.8. The Morgan fingerprint density at radius 3 is 2.11 bits per heavy atom. The summed E-state index contributed by atoms with van der Waals surface area (Å²) in [5, 5.41) is 22.2. The maximum atomic E-state index is 13.2. The van der Waals surface area contributed by atoms with E-state index in [4.69, 9.17) is 9.47 Å². The van der Waals surface area contributed by atoms with Gasteiger partial charge in [-0.05, 0) is 36.8 Å². The maximum absolute atomic E-state index is 13.2. The number of hydrogen-bond acceptors (Lipinski definition) is 7. The highest BCUT2D eigenvalue weighted by Gasteiger charge is 2.53. The molecule has 0 saturated carbocycles. The molecule has 5 rings (SSSR count). The summed E-state index contributed by atoms with van der Waals surface area (Å²) in [6.07, 6.45) is -3.63. The van der Waals surface area contributed by atoms with Gasteiger partial charge >= 0.3 is 0 Å². The minimum atomic E-state index is -1.42. The number of carbonyl (C=O) groups is 2. The summed E-state index contributed by atoms with van der Waals surface area (Å²) in [4.78, 5) is 28.3. The summed E-state index contributed by atoms with van der Waals surface area (Å²) in [5.41, 5.74) is 1.79. The fourth-order valence-corrected chi connectivity index (χ4v) is 5.70. The molecule has 8 heteroatoms. The molecule has 0 radical (unpaired) electrons. The average molecular weight is 506 g/mol. The van der Waals surface area contributed by atoms with E-state index in [2.05, 4.69) is 0 Å². The van der Waals surface area contributed by atoms with Crippen molar-refractivity contribution in [3.8, 4) is 0 Å². The quantitative estimate of drug-likeness (QED) is 0.475. The normalized spacial score (nSPS) is 25.8. The predicted molar refractivity (Wildman–Crippen MR) is 135 cm³/mol. The van der Waals surface area contributed by atoms with Gasteiger partial charge < -0.3 is 19.7 Å². The van der Waals surface area contributed by atoms with Gasteiger partial charge in [-0.1, -0.05) is 71.9 Å². The van der Waals surface area contributed by atoms with Crippen LogP contribution in [0, 0.1) is 6.92 Å². The molecule has 2 amide bonds. The van der Waals surface area contributed by atoms with E-state index >= 15 is 0 Å². The summed E-state index contributed by atoms with van der Waals surface area (Å²) in [5.74, 6) is -1.02. The van der Waals surface area contributed by atoms with Crippen molar-refractivity contribution in [3.05, 3.63) is 101 Å². The third-order valence-electron chi connectivity index (χ3n) is 6.46. The highest BCUT2D eigenvalue weighted by atomic mass is 32.2. The molecule has 36 heavy (non-hydrogen) atoms. The summed E-state index contributed by atoms with van der Waals surface area (Å²) in [7, 11) is 0. The van der Waals surface area contributed by atoms with Gasteiger partial charge in [-0.3, -0.25) is 14.5 Å². The molecule has 0 bridgehead atoms. The van der Waals surface area contributed by atoms with Gasteiger partial charge in [0.1, 0.15) is 29.8 Å². The van der Waals surface area contributed by atoms with Crippen molar-refractivity contribution in [1.29, 1.82) is 0 Å². The topological polar surface area (TPSA) is 96.3 Å². The molecule has 0 spiro atoms. The number of thioether (sulfide) groups is 1. The van der Waals surface area contributed by atoms with Crippen LogP contribution in [0.1, 0.15) is 31.8 Å². The molecule has 1 saturated heterocycles. The Morgan fingerprint density at radius 2 is 1.47 bits per heavy atom. The van der Waals surface area contributed by atoms with Crippen LogP contribution in [0.2, 0.25) is 0 Å². The SMILES string of the molecule is Cc1ccc(S[C@@H]2O[C@H](COCc3ccccc3)[C@@H](O)[C@H](O)[C@H]2N2C(=O)c3ccccc3C2=O)cc1. The zero-order valence-corrected chi connectivity index (χ0v) is 20.5. The van der Waals surface area contributed by atoms with Crippen LogP contribution in [0.15, 0.2) is 83.8 Å². The van der Waals surface area contributed by atoms with Gasteiger partial charge in [-0.15, -0.1) is 0 Å². The number of ether oxygens (including phenoxy) is 2. The van der Waals surface area contributed by atoms with Gasteiger partial charge in [-0.25, -0.2) is 0 Å². The van der Waals surface area contributed by atoms with Gasteiger partial charge in [0.15, 0.2) is 0 Å². The van der Waals surface area contributed by atoms with E-state index in [1.807, 2.05) is 61.5 Å². The number of aryl methyl sites for hydroxylation is 1. The molecule has 2 N–H and O–H groups in total. The second-order valence-electron chi connectivity index (χ2n) is 8.97. The predicted octanol–water partition coefficient (Wildman–Crippen LogP) is 3.42. The number of rotatable bonds is 7. The minimum Gasteiger partial charge on any atom is -0.388 e. The third kappa shape index (κ3) is 4.83. The molecule has 0 unspecified atom stereocenters. The zero-order valence-electron chi connectivity index (χ0n) is 19.7. The van der Waals surface area contributed by atoms with Gasteiger partial charge in [0, 0.05) is 4.90 Å². The Morgan fingerprint density at radius 1 is 0.861 bits per heavy atom. The first kappa shape index (κ1) is 24.7. The van der Waals surface area contributed by atoms with Crippen LogP contribution in [0.4, 0.5) is 0 Å². The molecular weight excluding hydrogens is 478 g/mol. The molecule has 7 nitrogen and oxygen atoms in total. The average Bonchev–Trinajstić information content (AvgIpc) is 3.14. The first-order valence-electron chi connectivity index (χ1n) is 11.8. The maximum Gasteiger partial charge on any atom is 0.262 e. The molecule has 2 heterocycles. The lowest BCUT2D eigenvalue weighted by Gasteiger charge is -2.45. The number of benzene rings is 3. The van der Waals surface area contributed by atoms with Crippen LogP contribution in [-0.2, 0) is 16.1 Å². The Kier molecular flexibility index (Phi) is 7.22. The second-order valence-corrected chi connectivity index (χ2v) is 10.1. The van der Waals surface area contributed by atoms with Crippen molar-refractivity contribution in [1.82, 2.24) is 4.90 Å². The van der Waals surface area contributed by atoms with E-state index < -0.39 is 41.6 Å². The Labute approximate surface area is 213 Å². The fraction of sp³-hybridized carbons (Fsp3) is 0.286. The molecule has 1 fully saturated rings. The number of fused-ring (bicyclic) bond motifs is 1. The first-order valence-corrected chi connectivity index (χ1v) is 12.7. The molecule has 3 aromatic carbocycles. The molecule has 0 aromatic heterocycles. The second kappa shape index (κ2) is 10.5. The number of aliphatic hydroxyl groups is 2. The van der Waals surface area contributed by atoms with Crippen molar-refractivity contribution in [2.75, 3.05) is 6.61 Å². The zero-order chi connectivity index (χ0) is 25.2. The number of imide groups is 1. The summed E-state index contributed by atoms with van der Waals surface area (Å²) in [6.45, 7) is 2.33. The van der Waals surface area contributed by atoms with Gasteiger partial charge in [0.05, 0.1) is 24.3 Å². The molecule has 3 aromatic rings. The van der Waals surface area contributed by atoms with E-state index in [1.165, 1.54) is 11.8 Å². The number of carbonyl (C=O) groups excluding carboxylic acids is 2. The van der Waals surface area contributed by atoms with Crippen LogP contribution in [0.5, 0.6) is 0 Å². The molecule has 186 valence electrons. The lowest BCUT2D eigenvalue weighted by Crippen LogP contribution is -2.64. The van der Waals surface area contributed by atoms with E-state index in [1.54, 1.807) is 24.3 Å². The van der Waals surface area contributed by atoms with Crippen LogP contribution in [0.25, 0.3) is 0 Å². The molecule has 2 aliphatic heterocycles. The highest BCUT2D eigenvalue weighted by molar-refractivity contribution is 7.99. The van der Waals surface area contributed by atoms with Gasteiger partial charge in [-0.2, -0.15) is 0 Å². The largest absolute Gasteiger partial charge is 0.388 e. The fourth-order valence-electron chi connectivity index (χ4n) is 4.52. The first-order chi connectivity index (χ1) is 17.4. The Bertz CT molecular complexity index is 1200. The smallest absolute Gasteiger partial charge is 0.262 e. The lowest BCUT2D eigenvalue weighted by molar-refractivity contribution is -0.187. The summed E-state index contributed by atoms with van der Waals surface area (Å²) >= 11 is 1.30. The van der Waals surface area contributed by atoms with Crippen molar-refractivity contribution < 1.29 is 29.3 Å². The highest BCUT2D eigenvalue weighted by Crippen LogP contribution is 2.39. The number of aliphatic hydroxyl groups excluding tert-OH is 2. The lowest BCUT2D eigenvalue weighted by atomic mass is 9.97. The van der Waals surface area contributed by atoms with Gasteiger partial charge in [0.2, 0.25) is 0 Å². The monoisotopic (exact) mass is 505 g/mol. The Balaban J connectivity index is 1.40. The number of amides is 2. The number of hydrogen-bond donors (Lipinski definition) is 2. The molecule has 0 aliphatic carbocycles. The van der Waals surface area contributed by atoms with Crippen molar-refractivity contribution >= 4 is 23.6 Å². The summed E-state index contributed by atoms with van der Waals surface area (Å²) < 4.78 is 12.0. The van der Waals surface area contributed by atoms with Crippen molar-refractivity contribution in [2.45, 2.75) is 48.2 Å². The Hall–Kier alpha value is -3.01. The molecule has 2 aliphatic rings. The van der Waals surface area contributed by atoms with E-state index in [0.717, 1.165) is 20.9 Å². The van der Waals surface area contributed by atoms with Crippen molar-refractivity contribution in [2.24, 2.45) is 0 Å². The van der Waals surface area contributed by atoms with Crippen LogP contribution in [-0.4, -0.2) is 63.3 Å². The molecular formula is C28H27NO6S. The van der Waals surface area contributed by atoms with E-state index in [0.29, 0.717) is 6.61 Å².